The fraction of sp³-hybridized carbons (Fsp3) is 0.727. The van der Waals surface area contributed by atoms with Gasteiger partial charge in [0.25, 0.3) is 0 Å². The van der Waals surface area contributed by atoms with E-state index in [9.17, 15) is 8.42 Å². The molecule has 0 aliphatic rings. The zero-order chi connectivity index (χ0) is 12.7. The lowest BCUT2D eigenvalue weighted by Gasteiger charge is -2.14. The number of nitrogens with one attached hydrogen (secondary N) is 1. The number of nitrogens with zero attached hydrogens (tertiary/aromatic N) is 2. The van der Waals surface area contributed by atoms with Gasteiger partial charge >= 0.3 is 0 Å². The largest absolute Gasteiger partial charge is 0.336 e. The third-order valence-electron chi connectivity index (χ3n) is 2.61. The first-order valence-corrected chi connectivity index (χ1v) is 7.75. The lowest BCUT2D eigenvalue weighted by atomic mass is 10.3. The number of aromatic nitrogens is 2. The summed E-state index contributed by atoms with van der Waals surface area (Å²) < 4.78 is 24.5. The van der Waals surface area contributed by atoms with Crippen LogP contribution in [0.2, 0.25) is 0 Å². The Bertz CT molecular complexity index is 400. The van der Waals surface area contributed by atoms with Crippen molar-refractivity contribution >= 4 is 9.84 Å². The van der Waals surface area contributed by atoms with Gasteiger partial charge in [0, 0.05) is 30.7 Å². The predicted molar refractivity (Wildman–Crippen MR) is 68.6 cm³/mol. The van der Waals surface area contributed by atoms with E-state index < -0.39 is 9.84 Å². The summed E-state index contributed by atoms with van der Waals surface area (Å²) in [5, 5.41) is 3.30. The molecule has 1 atom stereocenters. The van der Waals surface area contributed by atoms with Gasteiger partial charge in [-0.15, -0.1) is 0 Å². The van der Waals surface area contributed by atoms with Gasteiger partial charge in [-0.2, -0.15) is 0 Å². The summed E-state index contributed by atoms with van der Waals surface area (Å²) in [6.07, 6.45) is 6.12. The van der Waals surface area contributed by atoms with Crippen molar-refractivity contribution in [3.8, 4) is 0 Å². The molecule has 0 amide bonds. The molecule has 0 fully saturated rings. The van der Waals surface area contributed by atoms with E-state index in [0.717, 1.165) is 13.1 Å². The van der Waals surface area contributed by atoms with Gasteiger partial charge < -0.3 is 9.88 Å². The molecule has 1 N–H and O–H groups in total. The molecule has 0 aliphatic carbocycles. The van der Waals surface area contributed by atoms with Crippen molar-refractivity contribution in [2.75, 3.05) is 18.1 Å². The Morgan fingerprint density at radius 3 is 2.82 bits per heavy atom. The molecule has 0 radical (unpaired) electrons. The standard InChI is InChI=1S/C11H21N3O2S/c1-3-17(15,16)8-4-5-13-11(2)9-14-7-6-12-10-14/h6-7,10-11,13H,3-5,8-9H2,1-2H3. The summed E-state index contributed by atoms with van der Waals surface area (Å²) in [7, 11) is -2.82. The van der Waals surface area contributed by atoms with E-state index >= 15 is 0 Å². The molecule has 6 heteroatoms. The zero-order valence-electron chi connectivity index (χ0n) is 10.5. The van der Waals surface area contributed by atoms with Gasteiger partial charge in [0.05, 0.1) is 12.1 Å². The van der Waals surface area contributed by atoms with E-state index in [0.29, 0.717) is 12.5 Å². The highest BCUT2D eigenvalue weighted by Gasteiger charge is 2.07. The van der Waals surface area contributed by atoms with Crippen LogP contribution in [0.25, 0.3) is 0 Å². The first-order valence-electron chi connectivity index (χ1n) is 5.93. The van der Waals surface area contributed by atoms with Crippen LogP contribution >= 0.6 is 0 Å². The van der Waals surface area contributed by atoms with Crippen molar-refractivity contribution in [1.29, 1.82) is 0 Å². The van der Waals surface area contributed by atoms with E-state index in [1.165, 1.54) is 0 Å². The van der Waals surface area contributed by atoms with Gasteiger partial charge in [0.15, 0.2) is 0 Å². The Morgan fingerprint density at radius 2 is 2.24 bits per heavy atom. The van der Waals surface area contributed by atoms with Crippen LogP contribution < -0.4 is 5.32 Å². The van der Waals surface area contributed by atoms with Gasteiger partial charge in [-0.3, -0.25) is 0 Å². The quantitative estimate of drug-likeness (QED) is 0.698. The molecule has 1 heterocycles. The normalized spacial score (nSPS) is 13.8. The van der Waals surface area contributed by atoms with Gasteiger partial charge in [-0.05, 0) is 19.9 Å². The maximum absolute atomic E-state index is 11.3. The van der Waals surface area contributed by atoms with Gasteiger partial charge in [0.2, 0.25) is 0 Å². The van der Waals surface area contributed by atoms with Gasteiger partial charge in [-0.1, -0.05) is 6.92 Å². The molecular weight excluding hydrogens is 238 g/mol. The average molecular weight is 259 g/mol. The third kappa shape index (κ3) is 5.83. The second-order valence-electron chi connectivity index (χ2n) is 4.20. The molecule has 0 aromatic carbocycles. The summed E-state index contributed by atoms with van der Waals surface area (Å²) in [5.41, 5.74) is 0. The van der Waals surface area contributed by atoms with Crippen molar-refractivity contribution in [3.05, 3.63) is 18.7 Å². The molecule has 0 bridgehead atoms. The second kappa shape index (κ2) is 6.76. The fourth-order valence-corrected chi connectivity index (χ4v) is 2.43. The Morgan fingerprint density at radius 1 is 1.47 bits per heavy atom. The molecule has 0 saturated heterocycles. The molecule has 1 unspecified atom stereocenters. The minimum atomic E-state index is -2.82. The van der Waals surface area contributed by atoms with Crippen LogP contribution in [-0.4, -0.2) is 42.1 Å². The number of sulfone groups is 1. The monoisotopic (exact) mass is 259 g/mol. The van der Waals surface area contributed by atoms with E-state index in [-0.39, 0.29) is 11.5 Å². The number of hydrogen-bond acceptors (Lipinski definition) is 4. The van der Waals surface area contributed by atoms with Crippen LogP contribution in [0, 0.1) is 0 Å². The summed E-state index contributed by atoms with van der Waals surface area (Å²) in [4.78, 5) is 3.97. The molecule has 1 aromatic rings. The Kier molecular flexibility index (Phi) is 5.64. The average Bonchev–Trinajstić information content (AvgIpc) is 2.77. The summed E-state index contributed by atoms with van der Waals surface area (Å²) >= 11 is 0. The van der Waals surface area contributed by atoms with Crippen LogP contribution in [0.3, 0.4) is 0 Å². The number of rotatable bonds is 8. The van der Waals surface area contributed by atoms with E-state index in [1.54, 1.807) is 19.4 Å². The summed E-state index contributed by atoms with van der Waals surface area (Å²) in [6, 6.07) is 0.313. The number of imidazole rings is 1. The minimum absolute atomic E-state index is 0.234. The SMILES string of the molecule is CCS(=O)(=O)CCCNC(C)Cn1ccnc1. The smallest absolute Gasteiger partial charge is 0.150 e. The predicted octanol–water partition coefficient (Wildman–Crippen LogP) is 0.686. The van der Waals surface area contributed by atoms with Crippen LogP contribution in [0.4, 0.5) is 0 Å². The lowest BCUT2D eigenvalue weighted by molar-refractivity contribution is 0.476. The Balaban J connectivity index is 2.14. The van der Waals surface area contributed by atoms with Crippen LogP contribution in [0.1, 0.15) is 20.3 Å². The molecule has 1 aromatic heterocycles. The van der Waals surface area contributed by atoms with Crippen molar-refractivity contribution in [1.82, 2.24) is 14.9 Å². The van der Waals surface area contributed by atoms with E-state index in [1.807, 2.05) is 10.8 Å². The van der Waals surface area contributed by atoms with Gasteiger partial charge in [-0.25, -0.2) is 13.4 Å². The topological polar surface area (TPSA) is 64.0 Å². The third-order valence-corrected chi connectivity index (χ3v) is 4.40. The minimum Gasteiger partial charge on any atom is -0.336 e. The van der Waals surface area contributed by atoms with Crippen LogP contribution in [0.5, 0.6) is 0 Å². The second-order valence-corrected chi connectivity index (χ2v) is 6.68. The van der Waals surface area contributed by atoms with E-state index in [4.69, 9.17) is 0 Å². The highest BCUT2D eigenvalue weighted by Crippen LogP contribution is 1.95. The number of hydrogen-bond donors (Lipinski definition) is 1. The molecular formula is C11H21N3O2S. The van der Waals surface area contributed by atoms with Crippen molar-refractivity contribution in [2.45, 2.75) is 32.9 Å². The molecule has 17 heavy (non-hydrogen) atoms. The van der Waals surface area contributed by atoms with Crippen molar-refractivity contribution < 1.29 is 8.42 Å². The highest BCUT2D eigenvalue weighted by molar-refractivity contribution is 7.91. The van der Waals surface area contributed by atoms with Gasteiger partial charge in [0.1, 0.15) is 9.84 Å². The van der Waals surface area contributed by atoms with E-state index in [2.05, 4.69) is 17.2 Å². The molecule has 98 valence electrons. The first-order chi connectivity index (χ1) is 8.03. The fourth-order valence-electron chi connectivity index (χ4n) is 1.56. The van der Waals surface area contributed by atoms with Crippen LogP contribution in [0.15, 0.2) is 18.7 Å². The maximum Gasteiger partial charge on any atom is 0.150 e. The summed E-state index contributed by atoms with van der Waals surface area (Å²) in [5.74, 6) is 0.506. The highest BCUT2D eigenvalue weighted by atomic mass is 32.2. The lowest BCUT2D eigenvalue weighted by Crippen LogP contribution is -2.31. The molecule has 5 nitrogen and oxygen atoms in total. The molecule has 0 aliphatic heterocycles. The Hall–Kier alpha value is -0.880. The molecule has 1 rings (SSSR count). The van der Waals surface area contributed by atoms with Crippen LogP contribution in [-0.2, 0) is 16.4 Å². The van der Waals surface area contributed by atoms with Crippen molar-refractivity contribution in [3.63, 3.8) is 0 Å². The summed E-state index contributed by atoms with van der Waals surface area (Å²) in [6.45, 7) is 5.34. The Labute approximate surface area is 103 Å². The molecule has 0 spiro atoms. The maximum atomic E-state index is 11.3. The van der Waals surface area contributed by atoms with Crippen molar-refractivity contribution in [2.24, 2.45) is 0 Å². The molecule has 0 saturated carbocycles. The zero-order valence-corrected chi connectivity index (χ0v) is 11.3. The first kappa shape index (κ1) is 14.2.